The van der Waals surface area contributed by atoms with Gasteiger partial charge in [0.2, 0.25) is 5.91 Å². The predicted octanol–water partition coefficient (Wildman–Crippen LogP) is 3.29. The van der Waals surface area contributed by atoms with E-state index >= 15 is 0 Å². The summed E-state index contributed by atoms with van der Waals surface area (Å²) in [5.74, 6) is 0.545. The number of hydrogen-bond donors (Lipinski definition) is 2. The molecule has 4 aromatic rings. The smallest absolute Gasteiger partial charge is 0.279 e. The maximum atomic E-state index is 12.9. The summed E-state index contributed by atoms with van der Waals surface area (Å²) in [6, 6.07) is 19.3. The number of aromatic nitrogens is 4. The third-order valence-electron chi connectivity index (χ3n) is 7.44. The minimum Gasteiger partial charge on any atom is -0.389 e. The van der Waals surface area contributed by atoms with E-state index in [4.69, 9.17) is 0 Å². The highest BCUT2D eigenvalue weighted by Gasteiger charge is 2.35. The number of fused-ring (bicyclic) bond motifs is 1. The monoisotopic (exact) mass is 510 g/mol. The second kappa shape index (κ2) is 10.2. The predicted molar refractivity (Wildman–Crippen MR) is 143 cm³/mol. The molecule has 1 fully saturated rings. The Morgan fingerprint density at radius 2 is 1.82 bits per heavy atom. The molecule has 0 spiro atoms. The Morgan fingerprint density at radius 1 is 1.13 bits per heavy atom. The average molecular weight is 511 g/mol. The number of benzene rings is 2. The van der Waals surface area contributed by atoms with Gasteiger partial charge in [-0.15, -0.1) is 0 Å². The van der Waals surface area contributed by atoms with Gasteiger partial charge in [0.25, 0.3) is 5.56 Å². The van der Waals surface area contributed by atoms with Crippen LogP contribution in [0.5, 0.6) is 0 Å². The van der Waals surface area contributed by atoms with Crippen LogP contribution in [0.25, 0.3) is 22.3 Å². The third-order valence-corrected chi connectivity index (χ3v) is 7.44. The highest BCUT2D eigenvalue weighted by Crippen LogP contribution is 2.30. The van der Waals surface area contributed by atoms with Gasteiger partial charge in [0.1, 0.15) is 11.3 Å². The molecule has 0 radical (unpaired) electrons. The van der Waals surface area contributed by atoms with Crippen molar-refractivity contribution in [3.05, 3.63) is 81.9 Å². The molecule has 1 aliphatic rings. The van der Waals surface area contributed by atoms with Crippen LogP contribution in [0.15, 0.2) is 59.4 Å². The first kappa shape index (κ1) is 25.4. The molecule has 0 bridgehead atoms. The van der Waals surface area contributed by atoms with Crippen molar-refractivity contribution in [2.24, 2.45) is 7.05 Å². The van der Waals surface area contributed by atoms with Crippen LogP contribution < -0.4 is 5.56 Å². The first-order valence-electron chi connectivity index (χ1n) is 12.8. The largest absolute Gasteiger partial charge is 0.389 e. The highest BCUT2D eigenvalue weighted by atomic mass is 16.3. The lowest BCUT2D eigenvalue weighted by atomic mass is 9.87. The van der Waals surface area contributed by atoms with Crippen LogP contribution in [0.2, 0.25) is 0 Å². The fourth-order valence-corrected chi connectivity index (χ4v) is 5.25. The van der Waals surface area contributed by atoms with Crippen LogP contribution in [-0.4, -0.2) is 54.4 Å². The van der Waals surface area contributed by atoms with Crippen molar-refractivity contribution in [2.75, 3.05) is 13.1 Å². The SMILES string of the molecule is CC(CC(=O)N1CCC(O)(Cc2nc3c(-c4ccccc4C#N)n(C)nc3c(=O)[nH]2)CC1)c1ccccc1. The topological polar surface area (TPSA) is 128 Å². The first-order chi connectivity index (χ1) is 18.3. The van der Waals surface area contributed by atoms with Gasteiger partial charge in [-0.1, -0.05) is 55.5 Å². The molecule has 5 rings (SSSR count). The zero-order valence-corrected chi connectivity index (χ0v) is 21.5. The minimum absolute atomic E-state index is 0.0764. The van der Waals surface area contributed by atoms with E-state index in [1.165, 1.54) is 0 Å². The van der Waals surface area contributed by atoms with Crippen LogP contribution in [0, 0.1) is 11.3 Å². The van der Waals surface area contributed by atoms with Crippen LogP contribution in [0.3, 0.4) is 0 Å². The number of amides is 1. The van der Waals surface area contributed by atoms with Gasteiger partial charge in [0.05, 0.1) is 22.9 Å². The number of likely N-dealkylation sites (tertiary alicyclic amines) is 1. The summed E-state index contributed by atoms with van der Waals surface area (Å²) in [7, 11) is 1.71. The van der Waals surface area contributed by atoms with Gasteiger partial charge >= 0.3 is 0 Å². The molecule has 1 saturated heterocycles. The van der Waals surface area contributed by atoms with Crippen molar-refractivity contribution < 1.29 is 9.90 Å². The van der Waals surface area contributed by atoms with E-state index in [0.29, 0.717) is 60.5 Å². The van der Waals surface area contributed by atoms with E-state index in [1.807, 2.05) is 48.2 Å². The molecule has 2 aromatic heterocycles. The average Bonchev–Trinajstić information content (AvgIpc) is 3.25. The molecule has 0 saturated carbocycles. The number of aromatic amines is 1. The number of nitrogens with zero attached hydrogens (tertiary/aromatic N) is 5. The summed E-state index contributed by atoms with van der Waals surface area (Å²) in [4.78, 5) is 35.1. The van der Waals surface area contributed by atoms with Crippen molar-refractivity contribution in [1.29, 1.82) is 5.26 Å². The second-order valence-electron chi connectivity index (χ2n) is 10.1. The molecule has 194 valence electrons. The minimum atomic E-state index is -1.10. The number of carbonyl (C=O) groups excluding carboxylic acids is 1. The fourth-order valence-electron chi connectivity index (χ4n) is 5.25. The Kier molecular flexibility index (Phi) is 6.83. The van der Waals surface area contributed by atoms with E-state index in [1.54, 1.807) is 29.9 Å². The lowest BCUT2D eigenvalue weighted by Gasteiger charge is -2.38. The zero-order chi connectivity index (χ0) is 26.9. The Bertz CT molecular complexity index is 1580. The maximum Gasteiger partial charge on any atom is 0.279 e. The van der Waals surface area contributed by atoms with Crippen LogP contribution in [0.4, 0.5) is 0 Å². The lowest BCUT2D eigenvalue weighted by molar-refractivity contribution is -0.135. The van der Waals surface area contributed by atoms with Gasteiger partial charge in [-0.3, -0.25) is 14.3 Å². The Balaban J connectivity index is 1.33. The summed E-state index contributed by atoms with van der Waals surface area (Å²) in [5, 5.41) is 25.3. The number of nitriles is 1. The maximum absolute atomic E-state index is 12.9. The number of hydrogen-bond acceptors (Lipinski definition) is 6. The number of carbonyl (C=O) groups is 1. The van der Waals surface area contributed by atoms with Gasteiger partial charge in [-0.2, -0.15) is 10.4 Å². The first-order valence-corrected chi connectivity index (χ1v) is 12.8. The quantitative estimate of drug-likeness (QED) is 0.410. The summed E-state index contributed by atoms with van der Waals surface area (Å²) in [6.07, 6.45) is 1.34. The van der Waals surface area contributed by atoms with Crippen molar-refractivity contribution in [2.45, 2.75) is 44.1 Å². The Morgan fingerprint density at radius 3 is 2.53 bits per heavy atom. The molecule has 9 heteroatoms. The normalized spacial score (nSPS) is 15.8. The number of aliphatic hydroxyl groups is 1. The van der Waals surface area contributed by atoms with E-state index in [9.17, 15) is 20.0 Å². The number of aryl methyl sites for hydroxylation is 1. The summed E-state index contributed by atoms with van der Waals surface area (Å²) in [6.45, 7) is 2.93. The summed E-state index contributed by atoms with van der Waals surface area (Å²) < 4.78 is 1.56. The molecule has 9 nitrogen and oxygen atoms in total. The molecule has 2 N–H and O–H groups in total. The van der Waals surface area contributed by atoms with Gasteiger partial charge in [0.15, 0.2) is 5.52 Å². The number of nitrogens with one attached hydrogen (secondary N) is 1. The van der Waals surface area contributed by atoms with E-state index in [0.717, 1.165) is 5.56 Å². The molecule has 1 atom stereocenters. The summed E-state index contributed by atoms with van der Waals surface area (Å²) in [5.41, 5.74) is 1.87. The van der Waals surface area contributed by atoms with Gasteiger partial charge in [-0.05, 0) is 30.4 Å². The molecular weight excluding hydrogens is 480 g/mol. The molecule has 38 heavy (non-hydrogen) atoms. The second-order valence-corrected chi connectivity index (χ2v) is 10.1. The molecule has 1 amide bonds. The molecule has 2 aromatic carbocycles. The van der Waals surface area contributed by atoms with E-state index in [2.05, 4.69) is 21.1 Å². The molecule has 0 aliphatic carbocycles. The van der Waals surface area contributed by atoms with Gasteiger partial charge in [0, 0.05) is 38.5 Å². The number of piperidine rings is 1. The highest BCUT2D eigenvalue weighted by molar-refractivity contribution is 5.91. The fraction of sp³-hybridized carbons (Fsp3) is 0.345. The molecule has 1 aliphatic heterocycles. The Hall–Kier alpha value is -4.29. The third kappa shape index (κ3) is 4.95. The van der Waals surface area contributed by atoms with E-state index < -0.39 is 11.2 Å². The number of rotatable bonds is 6. The van der Waals surface area contributed by atoms with Crippen LogP contribution in [0.1, 0.15) is 49.1 Å². The summed E-state index contributed by atoms with van der Waals surface area (Å²) >= 11 is 0. The number of H-pyrrole nitrogens is 1. The van der Waals surface area contributed by atoms with Gasteiger partial charge in [-0.25, -0.2) is 4.98 Å². The van der Waals surface area contributed by atoms with Crippen LogP contribution in [-0.2, 0) is 18.3 Å². The molecule has 3 heterocycles. The van der Waals surface area contributed by atoms with Gasteiger partial charge < -0.3 is 15.0 Å². The standard InChI is InChI=1S/C29H30N6O3/c1-19(20-8-4-3-5-9-20)16-24(36)35-14-12-29(38,13-15-35)17-23-31-25-26(28(37)32-23)33-34(2)27(25)22-11-7-6-10-21(22)18-30/h3-11,19,38H,12-17H2,1-2H3,(H,31,32,37). The van der Waals surface area contributed by atoms with Crippen molar-refractivity contribution in [1.82, 2.24) is 24.6 Å². The Labute approximate surface area is 220 Å². The van der Waals surface area contributed by atoms with Crippen molar-refractivity contribution in [3.63, 3.8) is 0 Å². The van der Waals surface area contributed by atoms with Crippen LogP contribution >= 0.6 is 0 Å². The van der Waals surface area contributed by atoms with Crippen molar-refractivity contribution in [3.8, 4) is 17.3 Å². The zero-order valence-electron chi connectivity index (χ0n) is 21.5. The molecule has 1 unspecified atom stereocenters. The van der Waals surface area contributed by atoms with Crippen molar-refractivity contribution >= 4 is 16.9 Å². The molecular formula is C29H30N6O3. The van der Waals surface area contributed by atoms with E-state index in [-0.39, 0.29) is 23.8 Å². The lowest BCUT2D eigenvalue weighted by Crippen LogP contribution is -2.48.